The van der Waals surface area contributed by atoms with Crippen LogP contribution in [-0.4, -0.2) is 0 Å². The van der Waals surface area contributed by atoms with E-state index in [2.05, 4.69) is 292 Å². The number of fused-ring (bicyclic) bond motifs is 17. The van der Waals surface area contributed by atoms with E-state index in [1.807, 2.05) is 0 Å². The van der Waals surface area contributed by atoms with Gasteiger partial charge in [-0.3, -0.25) is 0 Å². The number of hydrogen-bond acceptors (Lipinski definition) is 1. The van der Waals surface area contributed by atoms with Crippen LogP contribution in [-0.2, 0) is 16.2 Å². The fourth-order valence-corrected chi connectivity index (χ4v) is 14.7. The molecule has 0 bridgehead atoms. The van der Waals surface area contributed by atoms with Crippen LogP contribution in [0.4, 0.5) is 17.1 Å². The van der Waals surface area contributed by atoms with Gasteiger partial charge in [0.2, 0.25) is 0 Å². The predicted octanol–water partition coefficient (Wildman–Crippen LogP) is 19.0. The summed E-state index contributed by atoms with van der Waals surface area (Å²) < 4.78 is 0. The molecule has 0 radical (unpaired) electrons. The van der Waals surface area contributed by atoms with Crippen LogP contribution in [0.25, 0.3) is 66.4 Å². The lowest BCUT2D eigenvalue weighted by atomic mass is 9.67. The Morgan fingerprint density at radius 2 is 0.618 bits per heavy atom. The maximum Gasteiger partial charge on any atom is 0.0725 e. The maximum absolute atomic E-state index is 2.55. The molecule has 356 valence electrons. The molecule has 0 heterocycles. The summed E-state index contributed by atoms with van der Waals surface area (Å²) >= 11 is 0. The molecule has 0 saturated carbocycles. The molecule has 16 rings (SSSR count). The quantitative estimate of drug-likeness (QED) is 0.161. The molecule has 0 N–H and O–H groups in total. The van der Waals surface area contributed by atoms with Gasteiger partial charge in [0.1, 0.15) is 0 Å². The molecule has 0 aliphatic heterocycles. The molecule has 0 atom stereocenters. The first kappa shape index (κ1) is 43.1. The van der Waals surface area contributed by atoms with Crippen molar-refractivity contribution in [2.24, 2.45) is 0 Å². The molecule has 4 aliphatic rings. The van der Waals surface area contributed by atoms with Crippen LogP contribution in [0.15, 0.2) is 273 Å². The minimum atomic E-state index is -0.549. The molecule has 0 unspecified atom stereocenters. The van der Waals surface area contributed by atoms with Crippen molar-refractivity contribution in [3.63, 3.8) is 0 Å². The van der Waals surface area contributed by atoms with E-state index in [1.54, 1.807) is 0 Å². The van der Waals surface area contributed by atoms with Gasteiger partial charge in [-0.2, -0.15) is 0 Å². The normalized spacial score (nSPS) is 14.8. The molecule has 0 fully saturated rings. The summed E-state index contributed by atoms with van der Waals surface area (Å²) in [4.78, 5) is 2.55. The van der Waals surface area contributed by atoms with Crippen molar-refractivity contribution in [1.29, 1.82) is 0 Å². The molecule has 0 saturated heterocycles. The third-order valence-electron chi connectivity index (χ3n) is 17.9. The number of benzene rings is 12. The summed E-state index contributed by atoms with van der Waals surface area (Å²) in [6.45, 7) is 4.83. The lowest BCUT2D eigenvalue weighted by Gasteiger charge is -2.35. The average molecular weight is 966 g/mol. The van der Waals surface area contributed by atoms with Crippen LogP contribution in [0.5, 0.6) is 0 Å². The Morgan fingerprint density at radius 1 is 0.237 bits per heavy atom. The standard InChI is InChI=1S/C75H51N/c1-73(2)70-44-51(50-34-33-48-19-9-10-20-49(48)43-50)35-39-61(70)62-40-36-55(46-71(62)73)76(56-37-41-63-59-27-11-15-29-65(59)74(72(63)47-56,52-21-5-3-6-22-52)53-23-7-4-8-24-53)54-38-42-69-64(45-54)60-28-14-18-32-68(60)75(69)66-30-16-12-25-57(66)58-26-13-17-31-67(58)75/h3-47H,1-2H3. The van der Waals surface area contributed by atoms with E-state index in [-0.39, 0.29) is 5.41 Å². The zero-order valence-corrected chi connectivity index (χ0v) is 42.4. The highest BCUT2D eigenvalue weighted by atomic mass is 15.1. The van der Waals surface area contributed by atoms with E-state index in [4.69, 9.17) is 0 Å². The summed E-state index contributed by atoms with van der Waals surface area (Å²) in [5.41, 5.74) is 28.2. The van der Waals surface area contributed by atoms with E-state index in [1.165, 1.54) is 122 Å². The minimum absolute atomic E-state index is 0.263. The van der Waals surface area contributed by atoms with Gasteiger partial charge in [-0.05, 0) is 171 Å². The molecule has 0 aromatic heterocycles. The van der Waals surface area contributed by atoms with Crippen molar-refractivity contribution < 1.29 is 0 Å². The van der Waals surface area contributed by atoms with E-state index in [9.17, 15) is 0 Å². The van der Waals surface area contributed by atoms with Gasteiger partial charge >= 0.3 is 0 Å². The van der Waals surface area contributed by atoms with Crippen LogP contribution >= 0.6 is 0 Å². The largest absolute Gasteiger partial charge is 0.310 e. The third kappa shape index (κ3) is 5.70. The fourth-order valence-electron chi connectivity index (χ4n) is 14.7. The maximum atomic E-state index is 2.55. The molecule has 1 heteroatoms. The highest BCUT2D eigenvalue weighted by Crippen LogP contribution is 2.64. The van der Waals surface area contributed by atoms with Crippen LogP contribution in [0, 0.1) is 0 Å². The van der Waals surface area contributed by atoms with Crippen LogP contribution in [0.1, 0.15) is 69.5 Å². The third-order valence-corrected chi connectivity index (χ3v) is 17.9. The number of hydrogen-bond donors (Lipinski definition) is 0. The molecular formula is C75H51N. The highest BCUT2D eigenvalue weighted by molar-refractivity contribution is 5.98. The Hall–Kier alpha value is -9.30. The highest BCUT2D eigenvalue weighted by Gasteiger charge is 2.52. The number of rotatable bonds is 6. The van der Waals surface area contributed by atoms with Crippen LogP contribution in [0.3, 0.4) is 0 Å². The van der Waals surface area contributed by atoms with Crippen molar-refractivity contribution in [2.75, 3.05) is 4.90 Å². The van der Waals surface area contributed by atoms with Crippen molar-refractivity contribution in [2.45, 2.75) is 30.1 Å². The van der Waals surface area contributed by atoms with Gasteiger partial charge in [0.05, 0.1) is 10.8 Å². The van der Waals surface area contributed by atoms with Gasteiger partial charge in [-0.1, -0.05) is 238 Å². The molecule has 1 nitrogen and oxygen atoms in total. The SMILES string of the molecule is CC1(C)c2cc(-c3ccc4ccccc4c3)ccc2-c2ccc(N(c3ccc4c(c3)-c3ccccc3C43c4ccccc4-c4ccccc43)c3ccc4c(c3)C(c3ccccc3)(c3ccccc3)c3ccccc3-4)cc21. The number of nitrogens with zero attached hydrogens (tertiary/aromatic N) is 1. The summed E-state index contributed by atoms with van der Waals surface area (Å²) in [5, 5.41) is 2.52. The summed E-state index contributed by atoms with van der Waals surface area (Å²) in [7, 11) is 0. The summed E-state index contributed by atoms with van der Waals surface area (Å²) in [6, 6.07) is 103. The second kappa shape index (κ2) is 15.9. The van der Waals surface area contributed by atoms with Crippen molar-refractivity contribution in [1.82, 2.24) is 0 Å². The van der Waals surface area contributed by atoms with Gasteiger partial charge in [0, 0.05) is 22.5 Å². The zero-order chi connectivity index (χ0) is 50.3. The Labute approximate surface area is 444 Å². The minimum Gasteiger partial charge on any atom is -0.310 e. The van der Waals surface area contributed by atoms with Gasteiger partial charge in [0.15, 0.2) is 0 Å². The summed E-state index contributed by atoms with van der Waals surface area (Å²) in [6.07, 6.45) is 0. The molecule has 12 aromatic rings. The molecule has 12 aromatic carbocycles. The van der Waals surface area contributed by atoms with Crippen molar-refractivity contribution in [3.8, 4) is 55.6 Å². The lowest BCUT2D eigenvalue weighted by Crippen LogP contribution is -2.28. The number of anilines is 3. The first-order valence-corrected chi connectivity index (χ1v) is 26.8. The van der Waals surface area contributed by atoms with Gasteiger partial charge in [0.25, 0.3) is 0 Å². The van der Waals surface area contributed by atoms with Gasteiger partial charge < -0.3 is 4.90 Å². The molecule has 0 amide bonds. The Kier molecular flexibility index (Phi) is 9.00. The van der Waals surface area contributed by atoms with E-state index in [0.717, 1.165) is 17.1 Å². The second-order valence-corrected chi connectivity index (χ2v) is 21.9. The second-order valence-electron chi connectivity index (χ2n) is 21.9. The lowest BCUT2D eigenvalue weighted by molar-refractivity contribution is 0.660. The van der Waals surface area contributed by atoms with Gasteiger partial charge in [-0.25, -0.2) is 0 Å². The molecular weight excluding hydrogens is 915 g/mol. The molecule has 4 aliphatic carbocycles. The monoisotopic (exact) mass is 965 g/mol. The fraction of sp³-hybridized carbons (Fsp3) is 0.0667. The van der Waals surface area contributed by atoms with Crippen molar-refractivity contribution in [3.05, 3.63) is 329 Å². The molecule has 76 heavy (non-hydrogen) atoms. The average Bonchev–Trinajstić information content (AvgIpc) is 4.35. The topological polar surface area (TPSA) is 3.24 Å². The first-order valence-electron chi connectivity index (χ1n) is 26.8. The Bertz CT molecular complexity index is 4300. The van der Waals surface area contributed by atoms with Crippen molar-refractivity contribution >= 4 is 27.8 Å². The molecule has 1 spiro atoms. The van der Waals surface area contributed by atoms with E-state index >= 15 is 0 Å². The Balaban J connectivity index is 0.921. The van der Waals surface area contributed by atoms with E-state index in [0.29, 0.717) is 0 Å². The van der Waals surface area contributed by atoms with Crippen LogP contribution < -0.4 is 4.90 Å². The zero-order valence-electron chi connectivity index (χ0n) is 42.4. The van der Waals surface area contributed by atoms with Gasteiger partial charge in [-0.15, -0.1) is 0 Å². The first-order chi connectivity index (χ1) is 37.4. The predicted molar refractivity (Wildman–Crippen MR) is 315 cm³/mol. The Morgan fingerprint density at radius 3 is 1.21 bits per heavy atom. The van der Waals surface area contributed by atoms with E-state index < -0.39 is 10.8 Å². The smallest absolute Gasteiger partial charge is 0.0725 e. The van der Waals surface area contributed by atoms with Crippen LogP contribution in [0.2, 0.25) is 0 Å². The summed E-state index contributed by atoms with van der Waals surface area (Å²) in [5.74, 6) is 0.